The Morgan fingerprint density at radius 2 is 1.50 bits per heavy atom. The van der Waals surface area contributed by atoms with Crippen molar-refractivity contribution in [1.82, 2.24) is 0 Å². The Bertz CT molecular complexity index is 562. The summed E-state index contributed by atoms with van der Waals surface area (Å²) in [6.07, 6.45) is -0.186. The molecule has 1 saturated heterocycles. The van der Waals surface area contributed by atoms with Crippen LogP contribution in [0, 0.1) is 0 Å². The average Bonchev–Trinajstić information content (AvgIpc) is 2.45. The van der Waals surface area contributed by atoms with E-state index in [2.05, 4.69) is 0 Å². The monoisotopic (exact) mass is 238 g/mol. The van der Waals surface area contributed by atoms with Crippen LogP contribution >= 0.6 is 0 Å². The second-order valence-corrected chi connectivity index (χ2v) is 4.76. The fourth-order valence-electron chi connectivity index (χ4n) is 2.48. The molecule has 0 aromatic heterocycles. The third kappa shape index (κ3) is 1.46. The molecule has 0 amide bonds. The zero-order chi connectivity index (χ0) is 12.6. The summed E-state index contributed by atoms with van der Waals surface area (Å²) in [5, 5.41) is 0. The van der Waals surface area contributed by atoms with E-state index < -0.39 is 5.41 Å². The van der Waals surface area contributed by atoms with Crippen molar-refractivity contribution in [2.45, 2.75) is 18.4 Å². The number of esters is 1. The van der Waals surface area contributed by atoms with Crippen LogP contribution in [0.2, 0.25) is 0 Å². The SMILES string of the molecule is C[C@]1(c2ccccc2)C(=O)O[C@@H]1c1ccccc1. The standard InChI is InChI=1S/C16H14O2/c1-16(13-10-6-3-7-11-13)14(18-15(16)17)12-8-4-2-5-9-12/h2-11,14H,1H3/t14-,16-/m1/s1. The molecule has 2 aromatic carbocycles. The average molecular weight is 238 g/mol. The van der Waals surface area contributed by atoms with E-state index in [-0.39, 0.29) is 12.1 Å². The molecule has 3 rings (SSSR count). The maximum atomic E-state index is 11.9. The number of carbonyl (C=O) groups is 1. The minimum absolute atomic E-state index is 0.150. The highest BCUT2D eigenvalue weighted by Crippen LogP contribution is 2.49. The first-order valence-corrected chi connectivity index (χ1v) is 6.04. The number of benzene rings is 2. The number of ether oxygens (including phenoxy) is 1. The number of cyclic esters (lactones) is 1. The Kier molecular flexibility index (Phi) is 2.44. The second-order valence-electron chi connectivity index (χ2n) is 4.76. The molecule has 0 N–H and O–H groups in total. The van der Waals surface area contributed by atoms with Crippen LogP contribution in [0.15, 0.2) is 60.7 Å². The summed E-state index contributed by atoms with van der Waals surface area (Å²) < 4.78 is 5.36. The van der Waals surface area contributed by atoms with Gasteiger partial charge in [0.05, 0.1) is 0 Å². The van der Waals surface area contributed by atoms with Gasteiger partial charge in [0.25, 0.3) is 0 Å². The van der Waals surface area contributed by atoms with Crippen molar-refractivity contribution in [2.24, 2.45) is 0 Å². The van der Waals surface area contributed by atoms with Crippen molar-refractivity contribution in [3.05, 3.63) is 71.8 Å². The van der Waals surface area contributed by atoms with E-state index in [1.807, 2.05) is 67.6 Å². The van der Waals surface area contributed by atoms with Crippen molar-refractivity contribution in [3.8, 4) is 0 Å². The molecule has 2 heteroatoms. The largest absolute Gasteiger partial charge is 0.455 e. The third-order valence-electron chi connectivity index (χ3n) is 3.65. The maximum Gasteiger partial charge on any atom is 0.321 e. The van der Waals surface area contributed by atoms with E-state index in [0.717, 1.165) is 11.1 Å². The quantitative estimate of drug-likeness (QED) is 0.751. The Morgan fingerprint density at radius 1 is 0.944 bits per heavy atom. The molecule has 18 heavy (non-hydrogen) atoms. The van der Waals surface area contributed by atoms with Gasteiger partial charge in [-0.3, -0.25) is 4.79 Å². The van der Waals surface area contributed by atoms with E-state index in [1.165, 1.54) is 0 Å². The van der Waals surface area contributed by atoms with E-state index in [1.54, 1.807) is 0 Å². The van der Waals surface area contributed by atoms with Gasteiger partial charge in [-0.1, -0.05) is 60.7 Å². The molecule has 0 spiro atoms. The number of rotatable bonds is 2. The van der Waals surface area contributed by atoms with Crippen LogP contribution in [0.4, 0.5) is 0 Å². The highest BCUT2D eigenvalue weighted by atomic mass is 16.6. The van der Waals surface area contributed by atoms with Crippen LogP contribution in [-0.2, 0) is 14.9 Å². The highest BCUT2D eigenvalue weighted by molar-refractivity contribution is 5.89. The smallest absolute Gasteiger partial charge is 0.321 e. The predicted octanol–water partition coefficient (Wildman–Crippen LogP) is 3.24. The van der Waals surface area contributed by atoms with Gasteiger partial charge in [0.15, 0.2) is 0 Å². The van der Waals surface area contributed by atoms with Gasteiger partial charge in [-0.25, -0.2) is 0 Å². The molecule has 1 aliphatic heterocycles. The molecule has 2 atom stereocenters. The Balaban J connectivity index is 2.02. The maximum absolute atomic E-state index is 11.9. The minimum Gasteiger partial charge on any atom is -0.455 e. The molecule has 1 aliphatic rings. The van der Waals surface area contributed by atoms with Gasteiger partial charge in [0.2, 0.25) is 0 Å². The molecular weight excluding hydrogens is 224 g/mol. The molecular formula is C16H14O2. The summed E-state index contributed by atoms with van der Waals surface area (Å²) in [6.45, 7) is 1.95. The van der Waals surface area contributed by atoms with Gasteiger partial charge in [-0.05, 0) is 18.1 Å². The molecule has 2 nitrogen and oxygen atoms in total. The van der Waals surface area contributed by atoms with Crippen LogP contribution in [-0.4, -0.2) is 5.97 Å². The topological polar surface area (TPSA) is 26.3 Å². The fraction of sp³-hybridized carbons (Fsp3) is 0.188. The minimum atomic E-state index is -0.567. The van der Waals surface area contributed by atoms with Crippen LogP contribution < -0.4 is 0 Å². The Labute approximate surface area is 106 Å². The first-order valence-electron chi connectivity index (χ1n) is 6.04. The van der Waals surface area contributed by atoms with Crippen molar-refractivity contribution in [2.75, 3.05) is 0 Å². The number of hydrogen-bond donors (Lipinski definition) is 0. The summed E-state index contributed by atoms with van der Waals surface area (Å²) in [7, 11) is 0. The van der Waals surface area contributed by atoms with Gasteiger partial charge in [0, 0.05) is 0 Å². The molecule has 1 fully saturated rings. The van der Waals surface area contributed by atoms with Gasteiger partial charge in [-0.15, -0.1) is 0 Å². The molecule has 2 aromatic rings. The van der Waals surface area contributed by atoms with Crippen LogP contribution in [0.3, 0.4) is 0 Å². The van der Waals surface area contributed by atoms with E-state index in [4.69, 9.17) is 4.74 Å². The summed E-state index contributed by atoms with van der Waals surface area (Å²) >= 11 is 0. The van der Waals surface area contributed by atoms with Gasteiger partial charge >= 0.3 is 5.97 Å². The van der Waals surface area contributed by atoms with Gasteiger partial charge < -0.3 is 4.74 Å². The zero-order valence-electron chi connectivity index (χ0n) is 10.2. The third-order valence-corrected chi connectivity index (χ3v) is 3.65. The molecule has 0 unspecified atom stereocenters. The molecule has 90 valence electrons. The lowest BCUT2D eigenvalue weighted by Crippen LogP contribution is -2.52. The van der Waals surface area contributed by atoms with Crippen molar-refractivity contribution in [1.29, 1.82) is 0 Å². The molecule has 1 heterocycles. The van der Waals surface area contributed by atoms with Gasteiger partial charge in [0.1, 0.15) is 11.5 Å². The Morgan fingerprint density at radius 3 is 2.06 bits per heavy atom. The van der Waals surface area contributed by atoms with Crippen molar-refractivity contribution >= 4 is 5.97 Å². The second kappa shape index (κ2) is 3.98. The lowest BCUT2D eigenvalue weighted by molar-refractivity contribution is -0.190. The normalized spacial score (nSPS) is 26.3. The number of hydrogen-bond acceptors (Lipinski definition) is 2. The zero-order valence-corrected chi connectivity index (χ0v) is 10.2. The summed E-state index contributed by atoms with van der Waals surface area (Å²) in [4.78, 5) is 11.9. The summed E-state index contributed by atoms with van der Waals surface area (Å²) in [5.74, 6) is -0.150. The number of carbonyl (C=O) groups excluding carboxylic acids is 1. The van der Waals surface area contributed by atoms with E-state index >= 15 is 0 Å². The van der Waals surface area contributed by atoms with Crippen LogP contribution in [0.25, 0.3) is 0 Å². The first kappa shape index (κ1) is 11.0. The summed E-state index contributed by atoms with van der Waals surface area (Å²) in [6, 6.07) is 19.7. The van der Waals surface area contributed by atoms with E-state index in [9.17, 15) is 4.79 Å². The van der Waals surface area contributed by atoms with Gasteiger partial charge in [-0.2, -0.15) is 0 Å². The lowest BCUT2D eigenvalue weighted by Gasteiger charge is -2.45. The predicted molar refractivity (Wildman–Crippen MR) is 69.1 cm³/mol. The molecule has 0 radical (unpaired) electrons. The highest BCUT2D eigenvalue weighted by Gasteiger charge is 2.56. The van der Waals surface area contributed by atoms with Crippen LogP contribution in [0.1, 0.15) is 24.2 Å². The van der Waals surface area contributed by atoms with Crippen molar-refractivity contribution in [3.63, 3.8) is 0 Å². The molecule has 0 bridgehead atoms. The lowest BCUT2D eigenvalue weighted by atomic mass is 9.71. The molecule has 0 saturated carbocycles. The van der Waals surface area contributed by atoms with Crippen molar-refractivity contribution < 1.29 is 9.53 Å². The fourth-order valence-corrected chi connectivity index (χ4v) is 2.48. The Hall–Kier alpha value is -2.09. The first-order chi connectivity index (χ1) is 8.73. The summed E-state index contributed by atoms with van der Waals surface area (Å²) in [5.41, 5.74) is 1.49. The molecule has 0 aliphatic carbocycles. The van der Waals surface area contributed by atoms with E-state index in [0.29, 0.717) is 0 Å². The van der Waals surface area contributed by atoms with Crippen LogP contribution in [0.5, 0.6) is 0 Å².